The van der Waals surface area contributed by atoms with Crippen LogP contribution in [0.1, 0.15) is 54.9 Å². The first-order chi connectivity index (χ1) is 9.82. The maximum atomic E-state index is 13.3. The summed E-state index contributed by atoms with van der Waals surface area (Å²) in [6.45, 7) is 2.05. The number of benzene rings is 1. The van der Waals surface area contributed by atoms with E-state index in [2.05, 4.69) is 6.92 Å². The van der Waals surface area contributed by atoms with Gasteiger partial charge in [-0.05, 0) is 37.0 Å². The standard InChI is InChI=1S/C16H18F4O/c1-2-10-4-3-5-11(8-10)15(21)12-6-7-14(17)13(9-12)16(18,19)20/h6-7,9-11H,2-5,8H2,1H3. The summed E-state index contributed by atoms with van der Waals surface area (Å²) in [5.41, 5.74) is -1.40. The van der Waals surface area contributed by atoms with Gasteiger partial charge in [0.1, 0.15) is 5.82 Å². The molecule has 0 amide bonds. The van der Waals surface area contributed by atoms with Crippen molar-refractivity contribution in [1.82, 2.24) is 0 Å². The van der Waals surface area contributed by atoms with Gasteiger partial charge in [0.15, 0.2) is 5.78 Å². The van der Waals surface area contributed by atoms with Crippen molar-refractivity contribution in [2.75, 3.05) is 0 Å². The summed E-state index contributed by atoms with van der Waals surface area (Å²) < 4.78 is 51.4. The van der Waals surface area contributed by atoms with Crippen molar-refractivity contribution >= 4 is 5.78 Å². The second-order valence-corrected chi connectivity index (χ2v) is 5.69. The van der Waals surface area contributed by atoms with Crippen LogP contribution in [0.5, 0.6) is 0 Å². The molecule has 0 heterocycles. The summed E-state index contributed by atoms with van der Waals surface area (Å²) in [5.74, 6) is -1.42. The van der Waals surface area contributed by atoms with Crippen LogP contribution < -0.4 is 0 Å². The highest BCUT2D eigenvalue weighted by Gasteiger charge is 2.35. The Kier molecular flexibility index (Phi) is 4.69. The van der Waals surface area contributed by atoms with Crippen LogP contribution in [0.25, 0.3) is 0 Å². The fraction of sp³-hybridized carbons (Fsp3) is 0.562. The van der Waals surface area contributed by atoms with Gasteiger partial charge in [-0.3, -0.25) is 4.79 Å². The Morgan fingerprint density at radius 3 is 2.62 bits per heavy atom. The number of carbonyl (C=O) groups is 1. The minimum atomic E-state index is -4.78. The minimum absolute atomic E-state index is 0.0366. The number of carbonyl (C=O) groups excluding carboxylic acids is 1. The number of halogens is 4. The van der Waals surface area contributed by atoms with E-state index in [1.165, 1.54) is 0 Å². The highest BCUT2D eigenvalue weighted by Crippen LogP contribution is 2.35. The summed E-state index contributed by atoms with van der Waals surface area (Å²) in [5, 5.41) is 0. The lowest BCUT2D eigenvalue weighted by Gasteiger charge is -2.27. The van der Waals surface area contributed by atoms with Crippen LogP contribution in [0, 0.1) is 17.7 Å². The summed E-state index contributed by atoms with van der Waals surface area (Å²) in [6, 6.07) is 2.53. The van der Waals surface area contributed by atoms with Crippen LogP contribution in [0.3, 0.4) is 0 Å². The zero-order valence-electron chi connectivity index (χ0n) is 11.8. The number of ketones is 1. The molecule has 1 aliphatic rings. The summed E-state index contributed by atoms with van der Waals surface area (Å²) in [4.78, 5) is 12.4. The second-order valence-electron chi connectivity index (χ2n) is 5.69. The van der Waals surface area contributed by atoms with E-state index in [0.717, 1.165) is 31.4 Å². The third kappa shape index (κ3) is 3.63. The monoisotopic (exact) mass is 302 g/mol. The number of alkyl halides is 3. The van der Waals surface area contributed by atoms with Gasteiger partial charge >= 0.3 is 6.18 Å². The molecule has 1 saturated carbocycles. The molecule has 1 fully saturated rings. The lowest BCUT2D eigenvalue weighted by atomic mass is 9.77. The fourth-order valence-electron chi connectivity index (χ4n) is 3.03. The largest absolute Gasteiger partial charge is 0.419 e. The predicted molar refractivity (Wildman–Crippen MR) is 71.5 cm³/mol. The zero-order chi connectivity index (χ0) is 15.6. The van der Waals surface area contributed by atoms with Gasteiger partial charge in [0, 0.05) is 11.5 Å². The quantitative estimate of drug-likeness (QED) is 0.551. The van der Waals surface area contributed by atoms with Crippen LogP contribution in [0.15, 0.2) is 18.2 Å². The fourth-order valence-corrected chi connectivity index (χ4v) is 3.03. The normalized spacial score (nSPS) is 23.1. The molecule has 0 N–H and O–H groups in total. The number of Topliss-reactive ketones (excluding diaryl/α,β-unsaturated/α-hetero) is 1. The van der Waals surface area contributed by atoms with Crippen molar-refractivity contribution in [2.24, 2.45) is 11.8 Å². The van der Waals surface area contributed by atoms with Gasteiger partial charge in [0.2, 0.25) is 0 Å². The average molecular weight is 302 g/mol. The molecular weight excluding hydrogens is 284 g/mol. The Morgan fingerprint density at radius 2 is 2.00 bits per heavy atom. The smallest absolute Gasteiger partial charge is 0.294 e. The topological polar surface area (TPSA) is 17.1 Å². The summed E-state index contributed by atoms with van der Waals surface area (Å²) in [6.07, 6.45) is -0.401. The molecule has 0 saturated heterocycles. The van der Waals surface area contributed by atoms with Crippen LogP contribution in [0.2, 0.25) is 0 Å². The third-order valence-electron chi connectivity index (χ3n) is 4.29. The molecule has 5 heteroatoms. The van der Waals surface area contributed by atoms with Crippen molar-refractivity contribution in [3.63, 3.8) is 0 Å². The number of hydrogen-bond donors (Lipinski definition) is 0. The summed E-state index contributed by atoms with van der Waals surface area (Å²) in [7, 11) is 0. The Hall–Kier alpha value is -1.39. The van der Waals surface area contributed by atoms with Crippen molar-refractivity contribution < 1.29 is 22.4 Å². The maximum absolute atomic E-state index is 13.3. The highest BCUT2D eigenvalue weighted by molar-refractivity contribution is 5.98. The van der Waals surface area contributed by atoms with E-state index in [-0.39, 0.29) is 17.3 Å². The van der Waals surface area contributed by atoms with E-state index < -0.39 is 17.6 Å². The van der Waals surface area contributed by atoms with Crippen LogP contribution >= 0.6 is 0 Å². The van der Waals surface area contributed by atoms with Gasteiger partial charge < -0.3 is 0 Å². The van der Waals surface area contributed by atoms with E-state index in [0.29, 0.717) is 24.8 Å². The molecule has 1 aromatic carbocycles. The lowest BCUT2D eigenvalue weighted by molar-refractivity contribution is -0.140. The molecule has 2 unspecified atom stereocenters. The Bertz CT molecular complexity index is 521. The van der Waals surface area contributed by atoms with Gasteiger partial charge in [0.05, 0.1) is 5.56 Å². The molecule has 0 aliphatic heterocycles. The van der Waals surface area contributed by atoms with Crippen LogP contribution in [-0.2, 0) is 6.18 Å². The lowest BCUT2D eigenvalue weighted by Crippen LogP contribution is -2.23. The number of rotatable bonds is 3. The van der Waals surface area contributed by atoms with E-state index in [1.807, 2.05) is 0 Å². The molecule has 0 radical (unpaired) electrons. The molecule has 2 rings (SSSR count). The Labute approximate surface area is 121 Å². The van der Waals surface area contributed by atoms with E-state index in [1.54, 1.807) is 0 Å². The SMILES string of the molecule is CCC1CCCC(C(=O)c2ccc(F)c(C(F)(F)F)c2)C1. The maximum Gasteiger partial charge on any atom is 0.419 e. The molecule has 1 aliphatic carbocycles. The molecule has 0 bridgehead atoms. The molecular formula is C16H18F4O. The van der Waals surface area contributed by atoms with Gasteiger partial charge in [-0.15, -0.1) is 0 Å². The molecule has 0 spiro atoms. The molecule has 1 nitrogen and oxygen atoms in total. The summed E-state index contributed by atoms with van der Waals surface area (Å²) >= 11 is 0. The average Bonchev–Trinajstić information content (AvgIpc) is 2.46. The van der Waals surface area contributed by atoms with Crippen molar-refractivity contribution in [3.05, 3.63) is 35.1 Å². The molecule has 1 aromatic rings. The molecule has 116 valence electrons. The zero-order valence-corrected chi connectivity index (χ0v) is 11.8. The predicted octanol–water partition coefficient (Wildman–Crippen LogP) is 5.24. The van der Waals surface area contributed by atoms with Crippen molar-refractivity contribution in [2.45, 2.75) is 45.2 Å². The van der Waals surface area contributed by atoms with Crippen LogP contribution in [0.4, 0.5) is 17.6 Å². The van der Waals surface area contributed by atoms with Gasteiger partial charge in [-0.1, -0.05) is 26.2 Å². The van der Waals surface area contributed by atoms with Crippen molar-refractivity contribution in [1.29, 1.82) is 0 Å². The highest BCUT2D eigenvalue weighted by atomic mass is 19.4. The Morgan fingerprint density at radius 1 is 1.29 bits per heavy atom. The van der Waals surface area contributed by atoms with Crippen LogP contribution in [-0.4, -0.2) is 5.78 Å². The van der Waals surface area contributed by atoms with Gasteiger partial charge in [-0.2, -0.15) is 13.2 Å². The molecule has 2 atom stereocenters. The second kappa shape index (κ2) is 6.16. The van der Waals surface area contributed by atoms with E-state index in [4.69, 9.17) is 0 Å². The minimum Gasteiger partial charge on any atom is -0.294 e. The third-order valence-corrected chi connectivity index (χ3v) is 4.29. The van der Waals surface area contributed by atoms with E-state index >= 15 is 0 Å². The molecule has 21 heavy (non-hydrogen) atoms. The Balaban J connectivity index is 2.23. The first-order valence-corrected chi connectivity index (χ1v) is 7.24. The van der Waals surface area contributed by atoms with Gasteiger partial charge in [0.25, 0.3) is 0 Å². The first-order valence-electron chi connectivity index (χ1n) is 7.24. The van der Waals surface area contributed by atoms with E-state index in [9.17, 15) is 22.4 Å². The first kappa shape index (κ1) is 16.0. The van der Waals surface area contributed by atoms with Gasteiger partial charge in [-0.25, -0.2) is 4.39 Å². The number of hydrogen-bond acceptors (Lipinski definition) is 1. The molecule has 0 aromatic heterocycles. The van der Waals surface area contributed by atoms with Crippen molar-refractivity contribution in [3.8, 4) is 0 Å².